The van der Waals surface area contributed by atoms with Gasteiger partial charge in [-0.3, -0.25) is 0 Å². The lowest BCUT2D eigenvalue weighted by atomic mass is 9.99. The minimum atomic E-state index is -0.184. The second-order valence-corrected chi connectivity index (χ2v) is 3.85. The fourth-order valence-electron chi connectivity index (χ4n) is 1.44. The minimum Gasteiger partial charge on any atom is -0.393 e. The maximum absolute atomic E-state index is 9.67. The van der Waals surface area contributed by atoms with Gasteiger partial charge in [-0.15, -0.1) is 0 Å². The predicted octanol–water partition coefficient (Wildman–Crippen LogP) is 2.60. The topological polar surface area (TPSA) is 29.5 Å². The zero-order chi connectivity index (χ0) is 10.1. The Morgan fingerprint density at radius 2 is 1.92 bits per heavy atom. The average molecular weight is 188 g/mol. The molecule has 0 heterocycles. The zero-order valence-corrected chi connectivity index (χ0v) is 9.25. The van der Waals surface area contributed by atoms with Crippen molar-refractivity contribution >= 4 is 0 Å². The Balaban J connectivity index is 3.32. The van der Waals surface area contributed by atoms with Gasteiger partial charge in [0.2, 0.25) is 0 Å². The van der Waals surface area contributed by atoms with E-state index in [1.54, 1.807) is 7.11 Å². The van der Waals surface area contributed by atoms with Crippen molar-refractivity contribution in [2.24, 2.45) is 5.92 Å². The summed E-state index contributed by atoms with van der Waals surface area (Å²) in [6.07, 6.45) is 5.66. The lowest BCUT2D eigenvalue weighted by molar-refractivity contribution is 0.0503. The van der Waals surface area contributed by atoms with Crippen LogP contribution < -0.4 is 0 Å². The summed E-state index contributed by atoms with van der Waals surface area (Å²) >= 11 is 0. The van der Waals surface area contributed by atoms with Gasteiger partial charge in [-0.05, 0) is 6.42 Å². The fourth-order valence-corrected chi connectivity index (χ4v) is 1.44. The van der Waals surface area contributed by atoms with Gasteiger partial charge in [0.1, 0.15) is 0 Å². The van der Waals surface area contributed by atoms with Crippen LogP contribution in [0.4, 0.5) is 0 Å². The van der Waals surface area contributed by atoms with Gasteiger partial charge < -0.3 is 9.84 Å². The van der Waals surface area contributed by atoms with Crippen LogP contribution in [-0.2, 0) is 4.74 Å². The molecule has 0 bridgehead atoms. The standard InChI is InChI=1S/C11H24O2/c1-4-5-6-7-8-11(12)10(2)9-13-3/h10-12H,4-9H2,1-3H3. The van der Waals surface area contributed by atoms with E-state index in [1.165, 1.54) is 19.3 Å². The molecule has 80 valence electrons. The van der Waals surface area contributed by atoms with Gasteiger partial charge in [-0.2, -0.15) is 0 Å². The molecule has 0 aliphatic rings. The predicted molar refractivity (Wildman–Crippen MR) is 55.8 cm³/mol. The van der Waals surface area contributed by atoms with E-state index in [-0.39, 0.29) is 12.0 Å². The molecular formula is C11H24O2. The molecule has 0 aromatic rings. The summed E-state index contributed by atoms with van der Waals surface area (Å²) in [7, 11) is 1.68. The number of aliphatic hydroxyl groups is 1. The Kier molecular flexibility index (Phi) is 8.46. The first-order chi connectivity index (χ1) is 6.22. The summed E-state index contributed by atoms with van der Waals surface area (Å²) in [6, 6.07) is 0. The number of hydrogen-bond acceptors (Lipinski definition) is 2. The second kappa shape index (κ2) is 8.52. The molecule has 0 aromatic heterocycles. The van der Waals surface area contributed by atoms with Crippen molar-refractivity contribution < 1.29 is 9.84 Å². The number of rotatable bonds is 8. The highest BCUT2D eigenvalue weighted by molar-refractivity contribution is 4.63. The van der Waals surface area contributed by atoms with Crippen molar-refractivity contribution in [3.8, 4) is 0 Å². The smallest absolute Gasteiger partial charge is 0.0587 e. The molecule has 2 unspecified atom stereocenters. The van der Waals surface area contributed by atoms with Gasteiger partial charge in [0.05, 0.1) is 12.7 Å². The quantitative estimate of drug-likeness (QED) is 0.593. The third kappa shape index (κ3) is 7.03. The summed E-state index contributed by atoms with van der Waals surface area (Å²) < 4.78 is 4.99. The molecule has 2 nitrogen and oxygen atoms in total. The van der Waals surface area contributed by atoms with E-state index in [4.69, 9.17) is 4.74 Å². The highest BCUT2D eigenvalue weighted by atomic mass is 16.5. The van der Waals surface area contributed by atoms with Crippen molar-refractivity contribution in [3.63, 3.8) is 0 Å². The first kappa shape index (κ1) is 12.9. The van der Waals surface area contributed by atoms with Crippen molar-refractivity contribution in [1.29, 1.82) is 0 Å². The molecule has 0 saturated carbocycles. The lowest BCUT2D eigenvalue weighted by Crippen LogP contribution is -2.21. The van der Waals surface area contributed by atoms with Crippen molar-refractivity contribution in [3.05, 3.63) is 0 Å². The Morgan fingerprint density at radius 3 is 2.46 bits per heavy atom. The van der Waals surface area contributed by atoms with E-state index in [2.05, 4.69) is 6.92 Å². The highest BCUT2D eigenvalue weighted by Crippen LogP contribution is 2.12. The van der Waals surface area contributed by atoms with Crippen LogP contribution in [0.25, 0.3) is 0 Å². The molecule has 0 aliphatic carbocycles. The summed E-state index contributed by atoms with van der Waals surface area (Å²) in [6.45, 7) is 4.90. The number of unbranched alkanes of at least 4 members (excludes halogenated alkanes) is 3. The SMILES string of the molecule is CCCCCCC(O)C(C)COC. The van der Waals surface area contributed by atoms with E-state index < -0.39 is 0 Å². The maximum Gasteiger partial charge on any atom is 0.0587 e. The highest BCUT2D eigenvalue weighted by Gasteiger charge is 2.12. The third-order valence-electron chi connectivity index (χ3n) is 2.44. The molecule has 0 saturated heterocycles. The van der Waals surface area contributed by atoms with Crippen LogP contribution in [-0.4, -0.2) is 24.9 Å². The maximum atomic E-state index is 9.67. The first-order valence-corrected chi connectivity index (χ1v) is 5.39. The van der Waals surface area contributed by atoms with Gasteiger partial charge in [-0.25, -0.2) is 0 Å². The number of hydrogen-bond donors (Lipinski definition) is 1. The Hall–Kier alpha value is -0.0800. The van der Waals surface area contributed by atoms with E-state index >= 15 is 0 Å². The summed E-state index contributed by atoms with van der Waals surface area (Å²) in [5.74, 6) is 0.270. The molecule has 2 atom stereocenters. The van der Waals surface area contributed by atoms with Gasteiger partial charge in [-0.1, -0.05) is 39.5 Å². The van der Waals surface area contributed by atoms with Crippen LogP contribution in [0, 0.1) is 5.92 Å². The largest absolute Gasteiger partial charge is 0.393 e. The van der Waals surface area contributed by atoms with Crippen molar-refractivity contribution in [2.75, 3.05) is 13.7 Å². The van der Waals surface area contributed by atoms with E-state index in [9.17, 15) is 5.11 Å². The third-order valence-corrected chi connectivity index (χ3v) is 2.44. The summed E-state index contributed by atoms with van der Waals surface area (Å²) in [4.78, 5) is 0. The number of methoxy groups -OCH3 is 1. The van der Waals surface area contributed by atoms with Gasteiger partial charge >= 0.3 is 0 Å². The van der Waals surface area contributed by atoms with Crippen LogP contribution in [0.3, 0.4) is 0 Å². The van der Waals surface area contributed by atoms with Crippen molar-refractivity contribution in [2.45, 2.75) is 52.1 Å². The number of ether oxygens (including phenoxy) is 1. The van der Waals surface area contributed by atoms with Crippen LogP contribution in [0.15, 0.2) is 0 Å². The van der Waals surface area contributed by atoms with E-state index in [0.29, 0.717) is 6.61 Å². The van der Waals surface area contributed by atoms with Crippen LogP contribution in [0.5, 0.6) is 0 Å². The van der Waals surface area contributed by atoms with Gasteiger partial charge in [0.15, 0.2) is 0 Å². The van der Waals surface area contributed by atoms with E-state index in [0.717, 1.165) is 12.8 Å². The molecule has 0 spiro atoms. The Labute approximate surface area is 82.3 Å². The Morgan fingerprint density at radius 1 is 1.23 bits per heavy atom. The summed E-state index contributed by atoms with van der Waals surface area (Å²) in [5, 5.41) is 9.67. The van der Waals surface area contributed by atoms with E-state index in [1.807, 2.05) is 6.92 Å². The molecule has 0 aromatic carbocycles. The molecular weight excluding hydrogens is 164 g/mol. The number of aliphatic hydroxyl groups excluding tert-OH is 1. The Bertz CT molecular complexity index is 104. The first-order valence-electron chi connectivity index (χ1n) is 5.39. The molecule has 2 heteroatoms. The second-order valence-electron chi connectivity index (χ2n) is 3.85. The average Bonchev–Trinajstić information content (AvgIpc) is 2.12. The monoisotopic (exact) mass is 188 g/mol. The normalized spacial score (nSPS) is 15.7. The lowest BCUT2D eigenvalue weighted by Gasteiger charge is -2.17. The van der Waals surface area contributed by atoms with Gasteiger partial charge in [0.25, 0.3) is 0 Å². The molecule has 0 fully saturated rings. The van der Waals surface area contributed by atoms with Crippen molar-refractivity contribution in [1.82, 2.24) is 0 Å². The minimum absolute atomic E-state index is 0.184. The van der Waals surface area contributed by atoms with Crippen LogP contribution in [0.2, 0.25) is 0 Å². The molecule has 0 rings (SSSR count). The molecule has 1 N–H and O–H groups in total. The molecule has 0 amide bonds. The zero-order valence-electron chi connectivity index (χ0n) is 9.25. The molecule has 0 radical (unpaired) electrons. The van der Waals surface area contributed by atoms with Crippen LogP contribution >= 0.6 is 0 Å². The molecule has 13 heavy (non-hydrogen) atoms. The van der Waals surface area contributed by atoms with Gasteiger partial charge in [0, 0.05) is 13.0 Å². The molecule has 0 aliphatic heterocycles. The summed E-state index contributed by atoms with van der Waals surface area (Å²) in [5.41, 5.74) is 0. The van der Waals surface area contributed by atoms with Crippen LogP contribution in [0.1, 0.15) is 46.0 Å². The fraction of sp³-hybridized carbons (Fsp3) is 1.00.